The molecule has 0 radical (unpaired) electrons. The number of anilines is 1. The average molecular weight is 316 g/mol. The van der Waals surface area contributed by atoms with E-state index in [2.05, 4.69) is 42.0 Å². The Morgan fingerprint density at radius 3 is 2.59 bits per heavy atom. The van der Waals surface area contributed by atoms with Gasteiger partial charge in [-0.25, -0.2) is 0 Å². The van der Waals surface area contributed by atoms with Crippen LogP contribution in [0.5, 0.6) is 0 Å². The van der Waals surface area contributed by atoms with Crippen LogP contribution in [0.15, 0.2) is 22.7 Å². The van der Waals surface area contributed by atoms with Crippen LogP contribution < -0.4 is 5.32 Å². The summed E-state index contributed by atoms with van der Waals surface area (Å²) in [6.07, 6.45) is 0. The first-order valence-electron chi connectivity index (χ1n) is 5.48. The summed E-state index contributed by atoms with van der Waals surface area (Å²) in [7, 11) is 0. The summed E-state index contributed by atoms with van der Waals surface area (Å²) in [6, 6.07) is 5.82. The molecule has 94 valence electrons. The summed E-state index contributed by atoms with van der Waals surface area (Å²) in [5, 5.41) is 2.89. The van der Waals surface area contributed by atoms with Gasteiger partial charge in [0.05, 0.1) is 5.75 Å². The van der Waals surface area contributed by atoms with Crippen LogP contribution in [-0.2, 0) is 4.79 Å². The van der Waals surface area contributed by atoms with Gasteiger partial charge >= 0.3 is 0 Å². The molecule has 0 unspecified atom stereocenters. The van der Waals surface area contributed by atoms with Crippen LogP contribution in [0.25, 0.3) is 0 Å². The lowest BCUT2D eigenvalue weighted by atomic mass is 10.2. The van der Waals surface area contributed by atoms with E-state index in [1.807, 2.05) is 25.1 Å². The van der Waals surface area contributed by atoms with Crippen molar-refractivity contribution in [1.29, 1.82) is 0 Å². The summed E-state index contributed by atoms with van der Waals surface area (Å²) in [6.45, 7) is 8.33. The second-order valence-electron chi connectivity index (χ2n) is 4.91. The minimum atomic E-state index is 0.0423. The topological polar surface area (TPSA) is 29.1 Å². The van der Waals surface area contributed by atoms with Crippen molar-refractivity contribution in [3.8, 4) is 0 Å². The zero-order valence-electron chi connectivity index (χ0n) is 10.6. The molecule has 0 aromatic heterocycles. The van der Waals surface area contributed by atoms with Gasteiger partial charge in [0.1, 0.15) is 0 Å². The molecule has 17 heavy (non-hydrogen) atoms. The molecule has 0 spiro atoms. The number of hydrogen-bond acceptors (Lipinski definition) is 2. The number of carbonyl (C=O) groups is 1. The van der Waals surface area contributed by atoms with Crippen molar-refractivity contribution < 1.29 is 4.79 Å². The van der Waals surface area contributed by atoms with Crippen molar-refractivity contribution in [3.63, 3.8) is 0 Å². The number of aryl methyl sites for hydroxylation is 1. The molecule has 0 atom stereocenters. The fourth-order valence-electron chi connectivity index (χ4n) is 1.15. The summed E-state index contributed by atoms with van der Waals surface area (Å²) in [5.74, 6) is 0.523. The van der Waals surface area contributed by atoms with Crippen LogP contribution >= 0.6 is 27.7 Å². The predicted molar refractivity (Wildman–Crippen MR) is 79.7 cm³/mol. The summed E-state index contributed by atoms with van der Waals surface area (Å²) in [4.78, 5) is 11.7. The maximum Gasteiger partial charge on any atom is 0.234 e. The molecule has 2 nitrogen and oxygen atoms in total. The van der Waals surface area contributed by atoms with Crippen LogP contribution in [0.3, 0.4) is 0 Å². The highest BCUT2D eigenvalue weighted by Gasteiger charge is 2.13. The third-order valence-electron chi connectivity index (χ3n) is 2.09. The largest absolute Gasteiger partial charge is 0.325 e. The molecule has 1 aromatic carbocycles. The van der Waals surface area contributed by atoms with Crippen molar-refractivity contribution in [2.75, 3.05) is 11.1 Å². The molecule has 4 heteroatoms. The van der Waals surface area contributed by atoms with Crippen LogP contribution in [-0.4, -0.2) is 16.4 Å². The summed E-state index contributed by atoms with van der Waals surface area (Å²) in [5.41, 5.74) is 1.99. The number of benzene rings is 1. The van der Waals surface area contributed by atoms with E-state index in [0.29, 0.717) is 5.75 Å². The van der Waals surface area contributed by atoms with Crippen LogP contribution in [0.1, 0.15) is 26.3 Å². The Labute approximate surface area is 116 Å². The van der Waals surface area contributed by atoms with Crippen LogP contribution in [0.2, 0.25) is 0 Å². The molecule has 0 aliphatic heterocycles. The standard InChI is InChI=1S/C13H18BrNOS/c1-9-5-6-10(7-11(9)14)15-12(16)8-17-13(2,3)4/h5-7H,8H2,1-4H3,(H,15,16). The molecular formula is C13H18BrNOS. The van der Waals surface area contributed by atoms with Crippen molar-refractivity contribution in [1.82, 2.24) is 0 Å². The normalized spacial score (nSPS) is 11.4. The lowest BCUT2D eigenvalue weighted by molar-refractivity contribution is -0.113. The van der Waals surface area contributed by atoms with Gasteiger partial charge in [0.2, 0.25) is 5.91 Å². The number of amides is 1. The predicted octanol–water partition coefficient (Wildman–Crippen LogP) is 4.23. The molecular weight excluding hydrogens is 298 g/mol. The third kappa shape index (κ3) is 5.59. The molecule has 0 aliphatic carbocycles. The number of carbonyl (C=O) groups excluding carboxylic acids is 1. The smallest absolute Gasteiger partial charge is 0.234 e. The van der Waals surface area contributed by atoms with Gasteiger partial charge < -0.3 is 5.32 Å². The zero-order chi connectivity index (χ0) is 13.1. The van der Waals surface area contributed by atoms with Gasteiger partial charge in [-0.05, 0) is 24.6 Å². The van der Waals surface area contributed by atoms with Gasteiger partial charge in [-0.2, -0.15) is 0 Å². The molecule has 0 bridgehead atoms. The molecule has 1 aromatic rings. The maximum atomic E-state index is 11.7. The Balaban J connectivity index is 2.54. The first kappa shape index (κ1) is 14.6. The minimum absolute atomic E-state index is 0.0423. The molecule has 0 fully saturated rings. The Morgan fingerprint density at radius 2 is 2.06 bits per heavy atom. The van der Waals surface area contributed by atoms with Gasteiger partial charge in [-0.15, -0.1) is 11.8 Å². The number of halogens is 1. The van der Waals surface area contributed by atoms with E-state index in [1.54, 1.807) is 11.8 Å². The SMILES string of the molecule is Cc1ccc(NC(=O)CSC(C)(C)C)cc1Br. The molecule has 0 aliphatic rings. The van der Waals surface area contributed by atoms with E-state index in [9.17, 15) is 4.79 Å². The zero-order valence-corrected chi connectivity index (χ0v) is 13.0. The van der Waals surface area contributed by atoms with Crippen LogP contribution in [0, 0.1) is 6.92 Å². The molecule has 0 heterocycles. The number of rotatable bonds is 3. The van der Waals surface area contributed by atoms with E-state index in [-0.39, 0.29) is 10.7 Å². The van der Waals surface area contributed by atoms with Crippen molar-refractivity contribution in [2.45, 2.75) is 32.4 Å². The van der Waals surface area contributed by atoms with Crippen LogP contribution in [0.4, 0.5) is 5.69 Å². The molecule has 1 rings (SSSR count). The molecule has 0 saturated carbocycles. The highest BCUT2D eigenvalue weighted by molar-refractivity contribution is 9.10. The number of thioether (sulfide) groups is 1. The third-order valence-corrected chi connectivity index (χ3v) is 4.22. The number of nitrogens with one attached hydrogen (secondary N) is 1. The van der Waals surface area contributed by atoms with Gasteiger partial charge in [0, 0.05) is 14.9 Å². The van der Waals surface area contributed by atoms with Crippen molar-refractivity contribution in [2.24, 2.45) is 0 Å². The van der Waals surface area contributed by atoms with E-state index in [4.69, 9.17) is 0 Å². The molecule has 0 saturated heterocycles. The summed E-state index contributed by atoms with van der Waals surface area (Å²) < 4.78 is 1.13. The fraction of sp³-hybridized carbons (Fsp3) is 0.462. The average Bonchev–Trinajstić information content (AvgIpc) is 2.20. The van der Waals surface area contributed by atoms with Gasteiger partial charge in [-0.3, -0.25) is 4.79 Å². The van der Waals surface area contributed by atoms with E-state index in [1.165, 1.54) is 0 Å². The Kier molecular flexibility index (Phi) is 5.07. The lowest BCUT2D eigenvalue weighted by Crippen LogP contribution is -2.18. The Bertz CT molecular complexity index is 412. The minimum Gasteiger partial charge on any atom is -0.325 e. The van der Waals surface area contributed by atoms with E-state index < -0.39 is 0 Å². The first-order valence-corrected chi connectivity index (χ1v) is 7.26. The van der Waals surface area contributed by atoms with Gasteiger partial charge in [0.15, 0.2) is 0 Å². The van der Waals surface area contributed by atoms with E-state index >= 15 is 0 Å². The Morgan fingerprint density at radius 1 is 1.41 bits per heavy atom. The highest BCUT2D eigenvalue weighted by Crippen LogP contribution is 2.24. The lowest BCUT2D eigenvalue weighted by Gasteiger charge is -2.17. The maximum absolute atomic E-state index is 11.7. The monoisotopic (exact) mass is 315 g/mol. The molecule has 1 amide bonds. The second-order valence-corrected chi connectivity index (χ2v) is 7.57. The Hall–Kier alpha value is -0.480. The van der Waals surface area contributed by atoms with Crippen molar-refractivity contribution >= 4 is 39.3 Å². The van der Waals surface area contributed by atoms with Gasteiger partial charge in [0.25, 0.3) is 0 Å². The fourth-order valence-corrected chi connectivity index (χ4v) is 2.16. The van der Waals surface area contributed by atoms with E-state index in [0.717, 1.165) is 15.7 Å². The molecule has 1 N–H and O–H groups in total. The quantitative estimate of drug-likeness (QED) is 0.904. The number of hydrogen-bond donors (Lipinski definition) is 1. The summed E-state index contributed by atoms with van der Waals surface area (Å²) >= 11 is 5.09. The first-order chi connectivity index (χ1) is 7.78. The highest BCUT2D eigenvalue weighted by atomic mass is 79.9. The van der Waals surface area contributed by atoms with Crippen molar-refractivity contribution in [3.05, 3.63) is 28.2 Å². The second kappa shape index (κ2) is 5.91. The van der Waals surface area contributed by atoms with Gasteiger partial charge in [-0.1, -0.05) is 42.8 Å².